The summed E-state index contributed by atoms with van der Waals surface area (Å²) < 4.78 is 5.36. The first kappa shape index (κ1) is 24.4. The van der Waals surface area contributed by atoms with Crippen molar-refractivity contribution >= 4 is 45.9 Å². The number of hydrogen-bond donors (Lipinski definition) is 1. The zero-order chi connectivity index (χ0) is 24.8. The minimum Gasteiger partial charge on any atom is -0.497 e. The first-order valence-electron chi connectivity index (χ1n) is 11.4. The van der Waals surface area contributed by atoms with E-state index in [4.69, 9.17) is 26.3 Å². The van der Waals surface area contributed by atoms with Crippen molar-refractivity contribution in [1.82, 2.24) is 14.9 Å². The second-order valence-corrected chi connectivity index (χ2v) is 8.74. The number of carbonyl (C=O) groups is 1. The number of rotatable bonds is 9. The normalized spacial score (nSPS) is 11.0. The number of methoxy groups -OCH3 is 1. The lowest BCUT2D eigenvalue weighted by Gasteiger charge is -2.25. The fourth-order valence-electron chi connectivity index (χ4n) is 3.70. The van der Waals surface area contributed by atoms with Crippen molar-refractivity contribution < 1.29 is 9.53 Å². The Balaban J connectivity index is 1.83. The quantitative estimate of drug-likeness (QED) is 0.328. The van der Waals surface area contributed by atoms with Crippen molar-refractivity contribution in [3.8, 4) is 5.75 Å². The molecule has 1 heterocycles. The van der Waals surface area contributed by atoms with Crippen molar-refractivity contribution in [3.05, 3.63) is 83.4 Å². The Hall–Kier alpha value is -3.68. The molecule has 7 nitrogen and oxygen atoms in total. The number of carbonyl (C=O) groups excluding carboxylic acids is 1. The number of fused-ring (bicyclic) bond motifs is 1. The summed E-state index contributed by atoms with van der Waals surface area (Å²) in [6.07, 6.45) is 0.763. The van der Waals surface area contributed by atoms with Crippen molar-refractivity contribution in [1.29, 1.82) is 0 Å². The van der Waals surface area contributed by atoms with Crippen LogP contribution in [-0.2, 0) is 0 Å². The molecule has 3 aromatic carbocycles. The maximum Gasteiger partial charge on any atom is 0.259 e. The number of nitrogens with one attached hydrogen (secondary N) is 1. The highest BCUT2D eigenvalue weighted by atomic mass is 35.5. The summed E-state index contributed by atoms with van der Waals surface area (Å²) in [5, 5.41) is 3.80. The van der Waals surface area contributed by atoms with Crippen molar-refractivity contribution in [2.45, 2.75) is 6.42 Å². The molecule has 0 aliphatic carbocycles. The maximum atomic E-state index is 13.7. The van der Waals surface area contributed by atoms with Crippen LogP contribution in [0.25, 0.3) is 11.0 Å². The van der Waals surface area contributed by atoms with E-state index in [9.17, 15) is 4.79 Å². The lowest BCUT2D eigenvalue weighted by Crippen LogP contribution is -2.35. The first-order chi connectivity index (χ1) is 17.0. The van der Waals surface area contributed by atoms with E-state index in [-0.39, 0.29) is 5.91 Å². The smallest absolute Gasteiger partial charge is 0.259 e. The molecule has 0 spiro atoms. The first-order valence-corrected chi connectivity index (χ1v) is 11.7. The van der Waals surface area contributed by atoms with Gasteiger partial charge in [0.15, 0.2) is 11.6 Å². The molecule has 1 amide bonds. The van der Waals surface area contributed by atoms with Gasteiger partial charge in [-0.05, 0) is 63.5 Å². The second-order valence-electron chi connectivity index (χ2n) is 8.33. The minimum absolute atomic E-state index is 0.145. The summed E-state index contributed by atoms with van der Waals surface area (Å²) in [5.74, 6) is 1.38. The molecule has 35 heavy (non-hydrogen) atoms. The molecule has 0 saturated heterocycles. The molecule has 0 radical (unpaired) electrons. The van der Waals surface area contributed by atoms with Crippen molar-refractivity contribution in [2.24, 2.45) is 0 Å². The average molecular weight is 490 g/mol. The molecular weight excluding hydrogens is 462 g/mol. The topological polar surface area (TPSA) is 70.6 Å². The standard InChI is InChI=1S/C27H28ClN5O2/c1-32(2)16-9-17-33(27(34)19-10-5-4-6-11-19)26-25(29-22-12-7-8-13-23(22)31-26)30-24-18-20(35-3)14-15-21(24)28/h4-8,10-15,18H,9,16-17H2,1-3H3,(H,29,30). The summed E-state index contributed by atoms with van der Waals surface area (Å²) in [4.78, 5) is 27.2. The van der Waals surface area contributed by atoms with Crippen LogP contribution in [0.3, 0.4) is 0 Å². The Morgan fingerprint density at radius 3 is 2.31 bits per heavy atom. The molecule has 0 aliphatic heterocycles. The molecular formula is C27H28ClN5O2. The van der Waals surface area contributed by atoms with E-state index in [1.165, 1.54) is 0 Å². The van der Waals surface area contributed by atoms with Gasteiger partial charge in [0.25, 0.3) is 5.91 Å². The van der Waals surface area contributed by atoms with Gasteiger partial charge >= 0.3 is 0 Å². The Morgan fingerprint density at radius 2 is 1.63 bits per heavy atom. The number of benzene rings is 3. The molecule has 0 saturated carbocycles. The summed E-state index contributed by atoms with van der Waals surface area (Å²) in [6, 6.07) is 22.1. The third-order valence-corrected chi connectivity index (χ3v) is 5.82. The third kappa shape index (κ3) is 5.88. The van der Waals surface area contributed by atoms with Crippen molar-refractivity contribution in [2.75, 3.05) is 44.5 Å². The number of para-hydroxylation sites is 2. The van der Waals surface area contributed by atoms with Gasteiger partial charge in [-0.2, -0.15) is 0 Å². The van der Waals surface area contributed by atoms with Gasteiger partial charge in [0.1, 0.15) is 5.75 Å². The Labute approximate surface area is 210 Å². The molecule has 0 unspecified atom stereocenters. The van der Waals surface area contributed by atoms with Crippen LogP contribution in [0.1, 0.15) is 16.8 Å². The van der Waals surface area contributed by atoms with Crippen LogP contribution in [0, 0.1) is 0 Å². The predicted molar refractivity (Wildman–Crippen MR) is 142 cm³/mol. The number of anilines is 3. The lowest BCUT2D eigenvalue weighted by atomic mass is 10.2. The summed E-state index contributed by atoms with van der Waals surface area (Å²) in [7, 11) is 5.62. The van der Waals surface area contributed by atoms with E-state index in [0.29, 0.717) is 51.2 Å². The van der Waals surface area contributed by atoms with Crippen LogP contribution in [-0.4, -0.2) is 55.1 Å². The monoisotopic (exact) mass is 489 g/mol. The molecule has 1 N–H and O–H groups in total. The molecule has 1 aromatic heterocycles. The average Bonchev–Trinajstić information content (AvgIpc) is 2.87. The number of aromatic nitrogens is 2. The van der Waals surface area contributed by atoms with E-state index >= 15 is 0 Å². The number of amides is 1. The van der Waals surface area contributed by atoms with Crippen molar-refractivity contribution in [3.63, 3.8) is 0 Å². The largest absolute Gasteiger partial charge is 0.497 e. The molecule has 180 valence electrons. The minimum atomic E-state index is -0.145. The molecule has 8 heteroatoms. The van der Waals surface area contributed by atoms with E-state index < -0.39 is 0 Å². The van der Waals surface area contributed by atoms with E-state index in [0.717, 1.165) is 13.0 Å². The second kappa shape index (κ2) is 11.2. The molecule has 0 aliphatic rings. The third-order valence-electron chi connectivity index (χ3n) is 5.49. The van der Waals surface area contributed by atoms with E-state index in [1.54, 1.807) is 30.2 Å². The number of halogens is 1. The highest BCUT2D eigenvalue weighted by molar-refractivity contribution is 6.33. The summed E-state index contributed by atoms with van der Waals surface area (Å²) in [6.45, 7) is 1.30. The van der Waals surface area contributed by atoms with Gasteiger partial charge in [0, 0.05) is 18.2 Å². The van der Waals surface area contributed by atoms with Crippen LogP contribution in [0.2, 0.25) is 5.02 Å². The molecule has 4 rings (SSSR count). The van der Waals surface area contributed by atoms with Gasteiger partial charge < -0.3 is 15.0 Å². The van der Waals surface area contributed by atoms with Crippen LogP contribution < -0.4 is 15.0 Å². The summed E-state index contributed by atoms with van der Waals surface area (Å²) in [5.41, 5.74) is 2.59. The highest BCUT2D eigenvalue weighted by Crippen LogP contribution is 2.34. The summed E-state index contributed by atoms with van der Waals surface area (Å²) >= 11 is 6.48. The van der Waals surface area contributed by atoms with Crippen LogP contribution in [0.4, 0.5) is 17.3 Å². The number of ether oxygens (including phenoxy) is 1. The lowest BCUT2D eigenvalue weighted by molar-refractivity contribution is 0.0985. The predicted octanol–water partition coefficient (Wildman–Crippen LogP) is 5.63. The van der Waals surface area contributed by atoms with Gasteiger partial charge in [-0.15, -0.1) is 0 Å². The Morgan fingerprint density at radius 1 is 0.943 bits per heavy atom. The molecule has 0 bridgehead atoms. The molecule has 0 fully saturated rings. The Kier molecular flexibility index (Phi) is 7.80. The van der Waals surface area contributed by atoms with Gasteiger partial charge in [0.2, 0.25) is 0 Å². The zero-order valence-electron chi connectivity index (χ0n) is 20.0. The number of nitrogens with zero attached hydrogens (tertiary/aromatic N) is 4. The van der Waals surface area contributed by atoms with Gasteiger partial charge in [-0.1, -0.05) is 41.9 Å². The van der Waals surface area contributed by atoms with Crippen LogP contribution >= 0.6 is 11.6 Å². The Bertz CT molecular complexity index is 1310. The van der Waals surface area contributed by atoms with E-state index in [2.05, 4.69) is 10.2 Å². The highest BCUT2D eigenvalue weighted by Gasteiger charge is 2.24. The number of hydrogen-bond acceptors (Lipinski definition) is 6. The fourth-order valence-corrected chi connectivity index (χ4v) is 3.87. The van der Waals surface area contributed by atoms with Crippen LogP contribution in [0.15, 0.2) is 72.8 Å². The van der Waals surface area contributed by atoms with Gasteiger partial charge in [-0.3, -0.25) is 9.69 Å². The maximum absolute atomic E-state index is 13.7. The SMILES string of the molecule is COc1ccc(Cl)c(Nc2nc3ccccc3nc2N(CCCN(C)C)C(=O)c2ccccc2)c1. The fraction of sp³-hybridized carbons (Fsp3) is 0.222. The molecule has 0 atom stereocenters. The zero-order valence-corrected chi connectivity index (χ0v) is 20.8. The van der Waals surface area contributed by atoms with E-state index in [1.807, 2.05) is 68.7 Å². The van der Waals surface area contributed by atoms with Gasteiger partial charge in [-0.25, -0.2) is 9.97 Å². The van der Waals surface area contributed by atoms with Crippen LogP contribution in [0.5, 0.6) is 5.75 Å². The molecule has 4 aromatic rings. The van der Waals surface area contributed by atoms with Gasteiger partial charge in [0.05, 0.1) is 28.9 Å².